The van der Waals surface area contributed by atoms with Gasteiger partial charge in [0, 0.05) is 10.9 Å². The summed E-state index contributed by atoms with van der Waals surface area (Å²) >= 11 is 0. The van der Waals surface area contributed by atoms with Crippen molar-refractivity contribution in [2.75, 3.05) is 0 Å². The van der Waals surface area contributed by atoms with Crippen molar-refractivity contribution in [3.63, 3.8) is 0 Å². The summed E-state index contributed by atoms with van der Waals surface area (Å²) in [6.45, 7) is 0. The van der Waals surface area contributed by atoms with E-state index < -0.39 is 0 Å². The molecule has 0 aromatic heterocycles. The summed E-state index contributed by atoms with van der Waals surface area (Å²) in [5.41, 5.74) is 5.83. The Morgan fingerprint density at radius 1 is 0.415 bits per heavy atom. The van der Waals surface area contributed by atoms with Gasteiger partial charge in [0.1, 0.15) is 11.5 Å². The van der Waals surface area contributed by atoms with Crippen LogP contribution in [0.2, 0.25) is 0 Å². The lowest BCUT2D eigenvalue weighted by atomic mass is 9.83. The zero-order valence-corrected chi connectivity index (χ0v) is 22.0. The summed E-state index contributed by atoms with van der Waals surface area (Å²) in [5, 5.41) is 7.59. The highest BCUT2D eigenvalue weighted by Crippen LogP contribution is 2.51. The molecule has 0 bridgehead atoms. The Labute approximate surface area is 243 Å². The number of benzene rings is 8. The summed E-state index contributed by atoms with van der Waals surface area (Å²) in [6, 6.07) is 40.7. The molecule has 1 aliphatic heterocycles. The van der Waals surface area contributed by atoms with E-state index in [0.29, 0.717) is 0 Å². The average molecular weight is 525 g/mol. The lowest BCUT2D eigenvalue weighted by Crippen LogP contribution is -1.98. The molecular formula is C40H24O. The molecule has 190 valence electrons. The van der Waals surface area contributed by atoms with E-state index in [1.807, 2.05) is 42.5 Å². The van der Waals surface area contributed by atoms with Crippen molar-refractivity contribution in [1.82, 2.24) is 0 Å². The van der Waals surface area contributed by atoms with Crippen LogP contribution < -0.4 is 4.74 Å². The molecule has 1 aliphatic rings. The molecule has 41 heavy (non-hydrogen) atoms. The third-order valence-electron chi connectivity index (χ3n) is 8.40. The van der Waals surface area contributed by atoms with Gasteiger partial charge in [-0.05, 0) is 83.7 Å². The minimum absolute atomic E-state index is 0.135. The summed E-state index contributed by atoms with van der Waals surface area (Å²) in [4.78, 5) is 0. The molecule has 0 N–H and O–H groups in total. The monoisotopic (exact) mass is 524 g/mol. The Morgan fingerprint density at radius 2 is 1.05 bits per heavy atom. The number of hydrogen-bond acceptors (Lipinski definition) is 1. The topological polar surface area (TPSA) is 9.23 Å². The molecular weight excluding hydrogens is 496 g/mol. The molecule has 1 nitrogen and oxygen atoms in total. The first kappa shape index (κ1) is 18.8. The first-order valence-corrected chi connectivity index (χ1v) is 13.8. The van der Waals surface area contributed by atoms with Crippen LogP contribution >= 0.6 is 0 Å². The zero-order valence-electron chi connectivity index (χ0n) is 26.0. The van der Waals surface area contributed by atoms with Crippen molar-refractivity contribution >= 4 is 43.1 Å². The summed E-state index contributed by atoms with van der Waals surface area (Å²) < 4.78 is 41.1. The van der Waals surface area contributed by atoms with Gasteiger partial charge >= 0.3 is 0 Å². The lowest BCUT2D eigenvalue weighted by Gasteiger charge is -2.24. The molecule has 0 radical (unpaired) electrons. The molecule has 0 fully saturated rings. The van der Waals surface area contributed by atoms with Gasteiger partial charge in [-0.25, -0.2) is 0 Å². The van der Waals surface area contributed by atoms with E-state index in [1.165, 1.54) is 0 Å². The molecule has 0 amide bonds. The molecule has 0 atom stereocenters. The second-order valence-electron chi connectivity index (χ2n) is 10.6. The smallest absolute Gasteiger partial charge is 0.135 e. The molecule has 8 aromatic carbocycles. The van der Waals surface area contributed by atoms with Crippen molar-refractivity contribution in [3.05, 3.63) is 145 Å². The largest absolute Gasteiger partial charge is 0.456 e. The van der Waals surface area contributed by atoms with Gasteiger partial charge in [-0.1, -0.05) is 127 Å². The molecule has 1 heterocycles. The summed E-state index contributed by atoms with van der Waals surface area (Å²) in [7, 11) is 0. The van der Waals surface area contributed by atoms with Gasteiger partial charge in [-0.2, -0.15) is 0 Å². The van der Waals surface area contributed by atoms with Crippen LogP contribution in [-0.4, -0.2) is 0 Å². The number of ether oxygens (including phenoxy) is 1. The van der Waals surface area contributed by atoms with Crippen molar-refractivity contribution in [1.29, 1.82) is 0 Å². The van der Waals surface area contributed by atoms with Gasteiger partial charge in [-0.15, -0.1) is 0 Å². The van der Waals surface area contributed by atoms with Crippen molar-refractivity contribution in [2.45, 2.75) is 0 Å². The highest BCUT2D eigenvalue weighted by molar-refractivity contribution is 6.25. The molecule has 9 rings (SSSR count). The minimum Gasteiger partial charge on any atom is -0.456 e. The maximum Gasteiger partial charge on any atom is 0.135 e. The van der Waals surface area contributed by atoms with Crippen LogP contribution in [0.1, 0.15) is 5.48 Å². The van der Waals surface area contributed by atoms with Crippen molar-refractivity contribution < 1.29 is 10.2 Å². The van der Waals surface area contributed by atoms with E-state index in [-0.39, 0.29) is 24.2 Å². The fourth-order valence-electron chi connectivity index (χ4n) is 6.63. The molecule has 0 unspecified atom stereocenters. The summed E-state index contributed by atoms with van der Waals surface area (Å²) in [5.74, 6) is 1.61. The van der Waals surface area contributed by atoms with E-state index in [1.54, 1.807) is 24.3 Å². The molecule has 0 aliphatic carbocycles. The van der Waals surface area contributed by atoms with Gasteiger partial charge in [-0.3, -0.25) is 0 Å². The van der Waals surface area contributed by atoms with Crippen LogP contribution in [0, 0.1) is 0 Å². The first-order chi connectivity index (χ1) is 22.0. The second kappa shape index (κ2) is 8.55. The maximum absolute atomic E-state index is 8.70. The van der Waals surface area contributed by atoms with E-state index in [4.69, 9.17) is 10.2 Å². The third kappa shape index (κ3) is 3.24. The normalized spacial score (nSPS) is 13.5. The molecule has 0 saturated carbocycles. The Hall–Kier alpha value is -5.40. The Bertz CT molecular complexity index is 2500. The number of hydrogen-bond donors (Lipinski definition) is 0. The van der Waals surface area contributed by atoms with Crippen LogP contribution in [0.25, 0.3) is 76.5 Å². The SMILES string of the molecule is [2H]c1cc2c(-c3ccc4ccccc4c3)c3cc([2H])c([2H])cc3c(-c3ccc4c5c(cccc35)Oc3ccccc3-4)c2cc1[2H]. The first-order valence-electron chi connectivity index (χ1n) is 15.8. The van der Waals surface area contributed by atoms with E-state index in [0.717, 1.165) is 88.0 Å². The van der Waals surface area contributed by atoms with Crippen LogP contribution in [0.3, 0.4) is 0 Å². The minimum atomic E-state index is 0.135. The highest BCUT2D eigenvalue weighted by Gasteiger charge is 2.23. The second-order valence-corrected chi connectivity index (χ2v) is 10.6. The standard InChI is InChI=1S/C40H24O/c1-2-11-26-24-27(21-20-25(26)10-1)38-29-13-3-5-15-31(29)39(32-16-6-4-14-30(32)38)35-23-22-34-28-12-7-8-18-36(28)41-37-19-9-17-33(35)40(34)37/h1-24H/i3D,4D,5D,6D. The zero-order chi connectivity index (χ0) is 30.4. The Balaban J connectivity index is 1.46. The predicted molar refractivity (Wildman–Crippen MR) is 173 cm³/mol. The Morgan fingerprint density at radius 3 is 1.83 bits per heavy atom. The molecule has 0 spiro atoms. The predicted octanol–water partition coefficient (Wildman–Crippen LogP) is 11.4. The number of fused-ring (bicyclic) bond motifs is 5. The van der Waals surface area contributed by atoms with Crippen molar-refractivity contribution in [2.24, 2.45) is 0 Å². The van der Waals surface area contributed by atoms with Gasteiger partial charge in [0.2, 0.25) is 0 Å². The lowest BCUT2D eigenvalue weighted by molar-refractivity contribution is 0.487. The van der Waals surface area contributed by atoms with Crippen LogP contribution in [-0.2, 0) is 0 Å². The van der Waals surface area contributed by atoms with Crippen molar-refractivity contribution in [3.8, 4) is 44.9 Å². The van der Waals surface area contributed by atoms with E-state index in [2.05, 4.69) is 54.6 Å². The highest BCUT2D eigenvalue weighted by atomic mass is 16.5. The fourth-order valence-corrected chi connectivity index (χ4v) is 6.63. The van der Waals surface area contributed by atoms with Crippen LogP contribution in [0.5, 0.6) is 11.5 Å². The van der Waals surface area contributed by atoms with E-state index >= 15 is 0 Å². The summed E-state index contributed by atoms with van der Waals surface area (Å²) in [6.07, 6.45) is 0. The van der Waals surface area contributed by atoms with Crippen LogP contribution in [0.15, 0.2) is 145 Å². The molecule has 0 saturated heterocycles. The molecule has 8 aromatic rings. The van der Waals surface area contributed by atoms with E-state index in [9.17, 15) is 0 Å². The number of rotatable bonds is 2. The van der Waals surface area contributed by atoms with Gasteiger partial charge in [0.25, 0.3) is 0 Å². The average Bonchev–Trinajstić information content (AvgIpc) is 3.05. The molecule has 1 heteroatoms. The van der Waals surface area contributed by atoms with Crippen LogP contribution in [0.4, 0.5) is 0 Å². The third-order valence-corrected chi connectivity index (χ3v) is 8.40. The Kier molecular flexibility index (Phi) is 3.92. The van der Waals surface area contributed by atoms with Gasteiger partial charge in [0.15, 0.2) is 0 Å². The maximum atomic E-state index is 8.70. The fraction of sp³-hybridized carbons (Fsp3) is 0. The quantitative estimate of drug-likeness (QED) is 0.204. The van der Waals surface area contributed by atoms with Gasteiger partial charge in [0.05, 0.1) is 5.48 Å². The number of para-hydroxylation sites is 1. The van der Waals surface area contributed by atoms with Gasteiger partial charge < -0.3 is 4.74 Å².